The number of fused-ring (bicyclic) bond motifs is 1. The zero-order valence-corrected chi connectivity index (χ0v) is 14.6. The average Bonchev–Trinajstić information content (AvgIpc) is 2.80. The van der Waals surface area contributed by atoms with Gasteiger partial charge in [-0.25, -0.2) is 9.78 Å². The third kappa shape index (κ3) is 3.35. The lowest BCUT2D eigenvalue weighted by Gasteiger charge is -2.18. The molecule has 0 aliphatic rings. The predicted octanol–water partition coefficient (Wildman–Crippen LogP) is 1.87. The highest BCUT2D eigenvalue weighted by molar-refractivity contribution is 7.20. The van der Waals surface area contributed by atoms with Crippen molar-refractivity contribution in [2.45, 2.75) is 39.8 Å². The molecule has 0 spiro atoms. The number of thiophene rings is 1. The van der Waals surface area contributed by atoms with Crippen molar-refractivity contribution in [3.05, 3.63) is 27.8 Å². The van der Waals surface area contributed by atoms with Crippen LogP contribution in [0.4, 0.5) is 0 Å². The highest BCUT2D eigenvalue weighted by atomic mass is 32.1. The van der Waals surface area contributed by atoms with Gasteiger partial charge in [-0.15, -0.1) is 11.3 Å². The fourth-order valence-corrected chi connectivity index (χ4v) is 3.75. The van der Waals surface area contributed by atoms with Crippen LogP contribution in [0.3, 0.4) is 0 Å². The molecule has 124 valence electrons. The van der Waals surface area contributed by atoms with Crippen molar-refractivity contribution in [3.8, 4) is 0 Å². The molecule has 1 amide bonds. The number of carbonyl (C=O) groups excluding carboxylic acids is 2. The Balaban J connectivity index is 2.40. The van der Waals surface area contributed by atoms with Gasteiger partial charge in [-0.2, -0.15) is 0 Å². The van der Waals surface area contributed by atoms with Crippen LogP contribution in [-0.2, 0) is 9.53 Å². The number of aromatic nitrogens is 1. The van der Waals surface area contributed by atoms with Crippen molar-refractivity contribution < 1.29 is 19.4 Å². The average molecular weight is 336 g/mol. The first-order valence-corrected chi connectivity index (χ1v) is 8.02. The Kier molecular flexibility index (Phi) is 5.01. The van der Waals surface area contributed by atoms with Crippen molar-refractivity contribution in [2.24, 2.45) is 0 Å². The van der Waals surface area contributed by atoms with Crippen LogP contribution in [0.1, 0.15) is 33.4 Å². The number of aliphatic hydroxyl groups excluding tert-OH is 1. The first-order valence-electron chi connectivity index (χ1n) is 7.20. The lowest BCUT2D eigenvalue weighted by atomic mass is 10.1. The van der Waals surface area contributed by atoms with Gasteiger partial charge in [0.15, 0.2) is 6.04 Å². The summed E-state index contributed by atoms with van der Waals surface area (Å²) in [6, 6.07) is 0.865. The molecular weight excluding hydrogens is 316 g/mol. The number of esters is 1. The normalized spacial score (nSPS) is 13.7. The largest absolute Gasteiger partial charge is 0.467 e. The first-order chi connectivity index (χ1) is 10.8. The molecule has 2 rings (SSSR count). The smallest absolute Gasteiger partial charge is 0.331 e. The Bertz CT molecular complexity index is 767. The van der Waals surface area contributed by atoms with E-state index in [1.807, 2.05) is 26.8 Å². The molecule has 0 saturated heterocycles. The molecular formula is C16H20N2O4S. The van der Waals surface area contributed by atoms with Gasteiger partial charge >= 0.3 is 5.97 Å². The van der Waals surface area contributed by atoms with Crippen molar-refractivity contribution in [1.82, 2.24) is 10.3 Å². The van der Waals surface area contributed by atoms with Crippen LogP contribution in [0.15, 0.2) is 6.07 Å². The summed E-state index contributed by atoms with van der Waals surface area (Å²) in [6.45, 7) is 7.16. The number of hydrogen-bond donors (Lipinski definition) is 2. The van der Waals surface area contributed by atoms with E-state index in [9.17, 15) is 14.7 Å². The van der Waals surface area contributed by atoms with Crippen molar-refractivity contribution >= 4 is 33.4 Å². The molecule has 2 N–H and O–H groups in total. The minimum Gasteiger partial charge on any atom is -0.467 e. The number of nitrogens with one attached hydrogen (secondary N) is 1. The molecule has 2 aromatic rings. The van der Waals surface area contributed by atoms with Gasteiger partial charge in [0, 0.05) is 11.1 Å². The van der Waals surface area contributed by atoms with E-state index in [2.05, 4.69) is 15.0 Å². The number of ether oxygens (including phenoxy) is 1. The van der Waals surface area contributed by atoms with Gasteiger partial charge in [0.05, 0.1) is 18.1 Å². The van der Waals surface area contributed by atoms with Crippen molar-refractivity contribution in [2.75, 3.05) is 7.11 Å². The summed E-state index contributed by atoms with van der Waals surface area (Å²) < 4.78 is 4.61. The van der Waals surface area contributed by atoms with E-state index in [-0.39, 0.29) is 0 Å². The number of aryl methyl sites for hydroxylation is 3. The fraction of sp³-hybridized carbons (Fsp3) is 0.438. The van der Waals surface area contributed by atoms with Gasteiger partial charge in [-0.05, 0) is 44.9 Å². The molecule has 0 aromatic carbocycles. The molecule has 0 fully saturated rings. The Labute approximate surface area is 138 Å². The van der Waals surface area contributed by atoms with Crippen molar-refractivity contribution in [1.29, 1.82) is 0 Å². The molecule has 0 saturated carbocycles. The third-order valence-corrected chi connectivity index (χ3v) is 4.84. The summed E-state index contributed by atoms with van der Waals surface area (Å²) in [5, 5.41) is 13.2. The lowest BCUT2D eigenvalue weighted by molar-refractivity contribution is -0.145. The monoisotopic (exact) mass is 336 g/mol. The quantitative estimate of drug-likeness (QED) is 0.832. The topological polar surface area (TPSA) is 88.5 Å². The standard InChI is InChI=1S/C16H20N2O4S/c1-7-6-8(2)17-15-11(7)9(3)13(23-15)14(20)18-12(10(4)19)16(21)22-5/h6,10,12,19H,1-5H3,(H,18,20)/t10-,12+/m0/s1. The summed E-state index contributed by atoms with van der Waals surface area (Å²) in [4.78, 5) is 29.9. The fourth-order valence-electron chi connectivity index (χ4n) is 2.55. The van der Waals surface area contributed by atoms with Gasteiger partial charge in [-0.1, -0.05) is 0 Å². The lowest BCUT2D eigenvalue weighted by Crippen LogP contribution is -2.48. The Morgan fingerprint density at radius 1 is 1.35 bits per heavy atom. The summed E-state index contributed by atoms with van der Waals surface area (Å²) in [5.41, 5.74) is 2.77. The molecule has 0 aliphatic heterocycles. The highest BCUT2D eigenvalue weighted by Gasteiger charge is 2.28. The SMILES string of the molecule is COC(=O)[C@H](NC(=O)c1sc2nc(C)cc(C)c2c1C)[C@H](C)O. The van der Waals surface area contributed by atoms with Gasteiger partial charge in [0.25, 0.3) is 5.91 Å². The van der Waals surface area contributed by atoms with Crippen LogP contribution in [0.2, 0.25) is 0 Å². The van der Waals surface area contributed by atoms with Crippen LogP contribution in [0.25, 0.3) is 10.2 Å². The minimum atomic E-state index is -1.10. The van der Waals surface area contributed by atoms with Gasteiger partial charge < -0.3 is 15.2 Å². The van der Waals surface area contributed by atoms with Gasteiger partial charge in [-0.3, -0.25) is 4.79 Å². The number of amides is 1. The zero-order chi connectivity index (χ0) is 17.3. The molecule has 2 heterocycles. The van der Waals surface area contributed by atoms with E-state index in [1.54, 1.807) is 0 Å². The summed E-state index contributed by atoms with van der Waals surface area (Å²) in [7, 11) is 1.21. The molecule has 6 nitrogen and oxygen atoms in total. The predicted molar refractivity (Wildman–Crippen MR) is 88.8 cm³/mol. The Morgan fingerprint density at radius 3 is 2.57 bits per heavy atom. The molecule has 23 heavy (non-hydrogen) atoms. The van der Waals surface area contributed by atoms with Crippen LogP contribution >= 0.6 is 11.3 Å². The summed E-state index contributed by atoms with van der Waals surface area (Å²) in [5.74, 6) is -1.10. The molecule has 0 unspecified atom stereocenters. The zero-order valence-electron chi connectivity index (χ0n) is 13.8. The number of aliphatic hydroxyl groups is 1. The first kappa shape index (κ1) is 17.4. The maximum Gasteiger partial charge on any atom is 0.331 e. The van der Waals surface area contributed by atoms with Crippen LogP contribution in [-0.4, -0.2) is 41.2 Å². The number of nitrogens with zero attached hydrogens (tertiary/aromatic N) is 1. The van der Waals surface area contributed by atoms with E-state index < -0.39 is 24.0 Å². The second-order valence-electron chi connectivity index (χ2n) is 5.53. The Morgan fingerprint density at radius 2 is 2.00 bits per heavy atom. The molecule has 2 atom stereocenters. The Hall–Kier alpha value is -1.99. The molecule has 0 bridgehead atoms. The van der Waals surface area contributed by atoms with Crippen molar-refractivity contribution in [3.63, 3.8) is 0 Å². The van der Waals surface area contributed by atoms with Gasteiger partial charge in [0.1, 0.15) is 4.83 Å². The minimum absolute atomic E-state index is 0.418. The summed E-state index contributed by atoms with van der Waals surface area (Å²) in [6.07, 6.45) is -1.05. The number of rotatable bonds is 4. The highest BCUT2D eigenvalue weighted by Crippen LogP contribution is 2.32. The molecule has 0 radical (unpaired) electrons. The van der Waals surface area contributed by atoms with E-state index in [0.717, 1.165) is 27.0 Å². The number of methoxy groups -OCH3 is 1. The maximum absolute atomic E-state index is 12.5. The van der Waals surface area contributed by atoms with Crippen LogP contribution in [0, 0.1) is 20.8 Å². The van der Waals surface area contributed by atoms with E-state index in [1.165, 1.54) is 25.4 Å². The second-order valence-corrected chi connectivity index (χ2v) is 6.53. The number of pyridine rings is 1. The van der Waals surface area contributed by atoms with Gasteiger partial charge in [0.2, 0.25) is 0 Å². The van der Waals surface area contributed by atoms with Crippen LogP contribution < -0.4 is 5.32 Å². The molecule has 2 aromatic heterocycles. The van der Waals surface area contributed by atoms with E-state index >= 15 is 0 Å². The summed E-state index contributed by atoms with van der Waals surface area (Å²) >= 11 is 1.28. The number of carbonyl (C=O) groups is 2. The van der Waals surface area contributed by atoms with E-state index in [0.29, 0.717) is 4.88 Å². The second kappa shape index (κ2) is 6.64. The number of hydrogen-bond acceptors (Lipinski definition) is 6. The maximum atomic E-state index is 12.5. The third-order valence-electron chi connectivity index (χ3n) is 3.66. The molecule has 0 aliphatic carbocycles. The molecule has 7 heteroatoms. The van der Waals surface area contributed by atoms with Crippen LogP contribution in [0.5, 0.6) is 0 Å². The van der Waals surface area contributed by atoms with E-state index in [4.69, 9.17) is 0 Å².